The van der Waals surface area contributed by atoms with Gasteiger partial charge in [-0.25, -0.2) is 0 Å². The smallest absolute Gasteiger partial charge is 0.00212 e. The van der Waals surface area contributed by atoms with Crippen LogP contribution in [0.4, 0.5) is 0 Å². The van der Waals surface area contributed by atoms with Crippen LogP contribution >= 0.6 is 10.0 Å². The molecule has 0 atom stereocenters. The van der Waals surface area contributed by atoms with Crippen molar-refractivity contribution in [2.45, 2.75) is 14.7 Å². The van der Waals surface area contributed by atoms with Crippen molar-refractivity contribution in [2.75, 3.05) is 6.26 Å². The van der Waals surface area contributed by atoms with E-state index in [9.17, 15) is 0 Å². The summed E-state index contributed by atoms with van der Waals surface area (Å²) in [7, 11) is -1.18. The molecule has 0 aliphatic rings. The molecule has 1 heteroatoms. The molecule has 0 unspecified atom stereocenters. The quantitative estimate of drug-likeness (QED) is 0.585. The average Bonchev–Trinajstić information content (AvgIpc) is 2.56. The van der Waals surface area contributed by atoms with Crippen molar-refractivity contribution in [3.05, 3.63) is 91.0 Å². The van der Waals surface area contributed by atoms with Crippen LogP contribution in [0.2, 0.25) is 0 Å². The minimum atomic E-state index is -1.18. The molecule has 0 aromatic heterocycles. The summed E-state index contributed by atoms with van der Waals surface area (Å²) in [5.41, 5.74) is 0. The average molecular weight is 278 g/mol. The monoisotopic (exact) mass is 278 g/mol. The Morgan fingerprint density at radius 3 is 0.950 bits per heavy atom. The van der Waals surface area contributed by atoms with Crippen LogP contribution in [-0.4, -0.2) is 6.26 Å². The molecule has 0 amide bonds. The summed E-state index contributed by atoms with van der Waals surface area (Å²) in [5, 5.41) is 0. The van der Waals surface area contributed by atoms with Crippen LogP contribution in [0.25, 0.3) is 0 Å². The lowest BCUT2D eigenvalue weighted by Gasteiger charge is -2.37. The molecule has 0 heterocycles. The summed E-state index contributed by atoms with van der Waals surface area (Å²) >= 11 is 0. The van der Waals surface area contributed by atoms with E-state index >= 15 is 0 Å². The summed E-state index contributed by atoms with van der Waals surface area (Å²) < 4.78 is 0. The maximum Gasteiger partial charge on any atom is -0.00212 e. The predicted octanol–water partition coefficient (Wildman–Crippen LogP) is 5.60. The van der Waals surface area contributed by atoms with Crippen LogP contribution in [0, 0.1) is 0 Å². The van der Waals surface area contributed by atoms with Gasteiger partial charge in [0, 0.05) is 0 Å². The fourth-order valence-corrected chi connectivity index (χ4v) is 5.41. The molecule has 0 saturated heterocycles. The first kappa shape index (κ1) is 13.0. The zero-order chi connectivity index (χ0) is 13.8. The van der Waals surface area contributed by atoms with Crippen molar-refractivity contribution in [2.24, 2.45) is 0 Å². The predicted molar refractivity (Wildman–Crippen MR) is 87.6 cm³/mol. The van der Waals surface area contributed by atoms with Gasteiger partial charge in [-0.15, -0.1) is 0 Å². The molecule has 0 nitrogen and oxygen atoms in total. The Hall–Kier alpha value is -1.99. The number of hydrogen-bond donors (Lipinski definition) is 0. The van der Waals surface area contributed by atoms with Crippen molar-refractivity contribution < 1.29 is 0 Å². The molecule has 0 spiro atoms. The van der Waals surface area contributed by atoms with E-state index in [2.05, 4.69) is 97.3 Å². The maximum atomic E-state index is 2.38. The van der Waals surface area contributed by atoms with Gasteiger partial charge in [0.1, 0.15) is 0 Å². The van der Waals surface area contributed by atoms with Crippen LogP contribution in [0.3, 0.4) is 0 Å². The zero-order valence-corrected chi connectivity index (χ0v) is 12.4. The fraction of sp³-hybridized carbons (Fsp3) is 0.0526. The van der Waals surface area contributed by atoms with Gasteiger partial charge in [0.15, 0.2) is 0 Å². The molecule has 0 bridgehead atoms. The molecular weight excluding hydrogens is 260 g/mol. The molecule has 0 saturated carbocycles. The Balaban J connectivity index is 2.24. The Morgan fingerprint density at radius 1 is 0.450 bits per heavy atom. The minimum Gasteiger partial charge on any atom is -0.163 e. The minimum absolute atomic E-state index is 1.18. The van der Waals surface area contributed by atoms with E-state index in [1.165, 1.54) is 14.7 Å². The standard InChI is InChI=1S/C19H18S/c1-20(17-11-5-2-6-12-17,18-13-7-3-8-14-18)19-15-9-4-10-16-19/h2-16H,1H3. The van der Waals surface area contributed by atoms with Crippen molar-refractivity contribution in [1.82, 2.24) is 0 Å². The Kier molecular flexibility index (Phi) is 3.62. The van der Waals surface area contributed by atoms with Crippen LogP contribution in [0.1, 0.15) is 0 Å². The molecule has 100 valence electrons. The molecule has 0 radical (unpaired) electrons. The highest BCUT2D eigenvalue weighted by Gasteiger charge is 2.24. The van der Waals surface area contributed by atoms with E-state index in [1.54, 1.807) is 0 Å². The summed E-state index contributed by atoms with van der Waals surface area (Å²) in [4.78, 5) is 4.20. The van der Waals surface area contributed by atoms with E-state index in [4.69, 9.17) is 0 Å². The summed E-state index contributed by atoms with van der Waals surface area (Å²) in [6.45, 7) is 0. The Labute approximate surface area is 122 Å². The van der Waals surface area contributed by atoms with Gasteiger partial charge in [-0.2, -0.15) is 10.0 Å². The number of hydrogen-bond acceptors (Lipinski definition) is 0. The first-order valence-corrected chi connectivity index (χ1v) is 8.79. The van der Waals surface area contributed by atoms with Crippen molar-refractivity contribution in [3.8, 4) is 0 Å². The van der Waals surface area contributed by atoms with Gasteiger partial charge >= 0.3 is 0 Å². The second-order valence-corrected chi connectivity index (χ2v) is 8.11. The zero-order valence-electron chi connectivity index (χ0n) is 11.6. The van der Waals surface area contributed by atoms with Crippen LogP contribution < -0.4 is 0 Å². The second-order valence-electron chi connectivity index (χ2n) is 4.86. The van der Waals surface area contributed by atoms with E-state index < -0.39 is 10.0 Å². The highest BCUT2D eigenvalue weighted by Crippen LogP contribution is 2.65. The van der Waals surface area contributed by atoms with Crippen LogP contribution in [0.5, 0.6) is 0 Å². The third-order valence-corrected chi connectivity index (χ3v) is 7.29. The summed E-state index contributed by atoms with van der Waals surface area (Å²) in [6, 6.07) is 32.5. The third kappa shape index (κ3) is 2.25. The fourth-order valence-electron chi connectivity index (χ4n) is 2.49. The van der Waals surface area contributed by atoms with Gasteiger partial charge in [-0.1, -0.05) is 54.6 Å². The SMILES string of the molecule is CS(c1ccccc1)(c1ccccc1)c1ccccc1. The van der Waals surface area contributed by atoms with Crippen LogP contribution in [0.15, 0.2) is 106 Å². The second kappa shape index (κ2) is 5.56. The molecular formula is C19H18S. The topological polar surface area (TPSA) is 0 Å². The maximum absolute atomic E-state index is 2.38. The van der Waals surface area contributed by atoms with E-state index in [-0.39, 0.29) is 0 Å². The van der Waals surface area contributed by atoms with Gasteiger partial charge in [0.05, 0.1) is 0 Å². The first-order valence-electron chi connectivity index (χ1n) is 6.75. The molecule has 3 aromatic rings. The molecule has 20 heavy (non-hydrogen) atoms. The molecule has 0 N–H and O–H groups in total. The van der Waals surface area contributed by atoms with Crippen molar-refractivity contribution >= 4 is 10.0 Å². The largest absolute Gasteiger partial charge is 0.163 e. The Morgan fingerprint density at radius 2 is 0.700 bits per heavy atom. The first-order chi connectivity index (χ1) is 9.82. The number of benzene rings is 3. The van der Waals surface area contributed by atoms with E-state index in [0.29, 0.717) is 0 Å². The molecule has 3 rings (SSSR count). The summed E-state index contributed by atoms with van der Waals surface area (Å²) in [6.07, 6.45) is 2.38. The van der Waals surface area contributed by atoms with E-state index in [0.717, 1.165) is 0 Å². The van der Waals surface area contributed by atoms with Gasteiger partial charge in [0.2, 0.25) is 0 Å². The highest BCUT2D eigenvalue weighted by molar-refractivity contribution is 8.33. The van der Waals surface area contributed by atoms with Crippen molar-refractivity contribution in [3.63, 3.8) is 0 Å². The van der Waals surface area contributed by atoms with Crippen molar-refractivity contribution in [1.29, 1.82) is 0 Å². The molecule has 0 fully saturated rings. The van der Waals surface area contributed by atoms with Gasteiger partial charge in [-0.3, -0.25) is 0 Å². The summed E-state index contributed by atoms with van der Waals surface area (Å²) in [5.74, 6) is 0. The van der Waals surface area contributed by atoms with Crippen LogP contribution in [-0.2, 0) is 0 Å². The lowest BCUT2D eigenvalue weighted by molar-refractivity contribution is 1.30. The highest BCUT2D eigenvalue weighted by atomic mass is 32.3. The lowest BCUT2D eigenvalue weighted by atomic mass is 10.4. The lowest BCUT2D eigenvalue weighted by Crippen LogP contribution is -2.01. The van der Waals surface area contributed by atoms with E-state index in [1.807, 2.05) is 0 Å². The molecule has 0 aliphatic carbocycles. The normalized spacial score (nSPS) is 12.1. The van der Waals surface area contributed by atoms with Gasteiger partial charge in [0.25, 0.3) is 0 Å². The molecule has 3 aromatic carbocycles. The number of rotatable bonds is 3. The van der Waals surface area contributed by atoms with Gasteiger partial charge in [-0.05, 0) is 57.3 Å². The third-order valence-electron chi connectivity index (χ3n) is 3.64. The van der Waals surface area contributed by atoms with Gasteiger partial charge < -0.3 is 0 Å². The molecule has 0 aliphatic heterocycles. The Bertz CT molecular complexity index is 563.